The summed E-state index contributed by atoms with van der Waals surface area (Å²) in [6, 6.07) is 6.94. The Morgan fingerprint density at radius 1 is 1.00 bits per heavy atom. The molecular formula is C10H7ClN2O. The zero-order valence-corrected chi connectivity index (χ0v) is 7.98. The molecule has 4 heteroatoms. The van der Waals surface area contributed by atoms with Crippen LogP contribution in [0.5, 0.6) is 11.5 Å². The van der Waals surface area contributed by atoms with Gasteiger partial charge < -0.3 is 4.74 Å². The first-order chi connectivity index (χ1) is 6.84. The van der Waals surface area contributed by atoms with E-state index in [0.29, 0.717) is 10.9 Å². The van der Waals surface area contributed by atoms with Gasteiger partial charge in [-0.2, -0.15) is 0 Å². The standard InChI is InChI=1S/C10H7ClN2O/c11-10-7-9(3-6-13-10)14-8-1-4-12-5-2-8/h1-7H. The third kappa shape index (κ3) is 2.20. The highest BCUT2D eigenvalue weighted by molar-refractivity contribution is 6.29. The summed E-state index contributed by atoms with van der Waals surface area (Å²) in [5.74, 6) is 1.39. The second-order valence-corrected chi connectivity index (χ2v) is 2.99. The SMILES string of the molecule is Clc1cc(Oc2ccncc2)ccn1. The monoisotopic (exact) mass is 206 g/mol. The van der Waals surface area contributed by atoms with Crippen LogP contribution in [0.4, 0.5) is 0 Å². The van der Waals surface area contributed by atoms with Crippen LogP contribution in [-0.4, -0.2) is 9.97 Å². The molecule has 0 aromatic carbocycles. The lowest BCUT2D eigenvalue weighted by atomic mass is 10.4. The van der Waals surface area contributed by atoms with Gasteiger partial charge in [0.05, 0.1) is 0 Å². The van der Waals surface area contributed by atoms with Gasteiger partial charge in [-0.25, -0.2) is 4.98 Å². The topological polar surface area (TPSA) is 35.0 Å². The molecule has 0 aliphatic rings. The quantitative estimate of drug-likeness (QED) is 0.709. The molecule has 0 saturated heterocycles. The van der Waals surface area contributed by atoms with Crippen LogP contribution in [0.1, 0.15) is 0 Å². The van der Waals surface area contributed by atoms with E-state index < -0.39 is 0 Å². The molecule has 0 unspecified atom stereocenters. The van der Waals surface area contributed by atoms with Gasteiger partial charge in [-0.1, -0.05) is 11.6 Å². The molecule has 0 bridgehead atoms. The minimum Gasteiger partial charge on any atom is -0.457 e. The molecule has 0 aliphatic carbocycles. The van der Waals surface area contributed by atoms with Gasteiger partial charge in [0.25, 0.3) is 0 Å². The summed E-state index contributed by atoms with van der Waals surface area (Å²) >= 11 is 5.71. The van der Waals surface area contributed by atoms with Gasteiger partial charge in [0.15, 0.2) is 0 Å². The highest BCUT2D eigenvalue weighted by Gasteiger charge is 1.97. The lowest BCUT2D eigenvalue weighted by Crippen LogP contribution is -1.84. The van der Waals surface area contributed by atoms with Crippen molar-refractivity contribution in [1.82, 2.24) is 9.97 Å². The van der Waals surface area contributed by atoms with Crippen LogP contribution < -0.4 is 4.74 Å². The molecule has 0 amide bonds. The number of pyridine rings is 2. The molecule has 70 valence electrons. The number of hydrogen-bond donors (Lipinski definition) is 0. The van der Waals surface area contributed by atoms with E-state index in [1.807, 2.05) is 0 Å². The summed E-state index contributed by atoms with van der Waals surface area (Å²) < 4.78 is 5.49. The minimum atomic E-state index is 0.413. The molecule has 0 spiro atoms. The summed E-state index contributed by atoms with van der Waals surface area (Å²) in [7, 11) is 0. The third-order valence-electron chi connectivity index (χ3n) is 1.58. The van der Waals surface area contributed by atoms with Crippen LogP contribution in [0.15, 0.2) is 42.9 Å². The molecule has 3 nitrogen and oxygen atoms in total. The number of halogens is 1. The molecule has 0 fully saturated rings. The van der Waals surface area contributed by atoms with Gasteiger partial charge >= 0.3 is 0 Å². The van der Waals surface area contributed by atoms with E-state index >= 15 is 0 Å². The van der Waals surface area contributed by atoms with Crippen LogP contribution >= 0.6 is 11.6 Å². The zero-order valence-electron chi connectivity index (χ0n) is 7.22. The first-order valence-corrected chi connectivity index (χ1v) is 4.42. The molecule has 2 heterocycles. The fourth-order valence-corrected chi connectivity index (χ4v) is 1.15. The molecule has 0 aliphatic heterocycles. The van der Waals surface area contributed by atoms with E-state index in [0.717, 1.165) is 5.75 Å². The van der Waals surface area contributed by atoms with E-state index in [1.165, 1.54) is 0 Å². The average Bonchev–Trinajstić information content (AvgIpc) is 2.19. The summed E-state index contributed by atoms with van der Waals surface area (Å²) in [4.78, 5) is 7.74. The van der Waals surface area contributed by atoms with E-state index in [9.17, 15) is 0 Å². The highest BCUT2D eigenvalue weighted by Crippen LogP contribution is 2.21. The van der Waals surface area contributed by atoms with Crippen molar-refractivity contribution in [2.75, 3.05) is 0 Å². The van der Waals surface area contributed by atoms with Crippen molar-refractivity contribution in [3.05, 3.63) is 48.0 Å². The lowest BCUT2D eigenvalue weighted by Gasteiger charge is -2.04. The van der Waals surface area contributed by atoms with Crippen molar-refractivity contribution in [2.45, 2.75) is 0 Å². The molecule has 2 aromatic rings. The molecule has 14 heavy (non-hydrogen) atoms. The van der Waals surface area contributed by atoms with Crippen molar-refractivity contribution in [2.24, 2.45) is 0 Å². The molecule has 0 saturated carbocycles. The summed E-state index contributed by atoms with van der Waals surface area (Å²) in [6.07, 6.45) is 4.93. The highest BCUT2D eigenvalue weighted by atomic mass is 35.5. The maximum atomic E-state index is 5.71. The van der Waals surface area contributed by atoms with Crippen molar-refractivity contribution in [3.63, 3.8) is 0 Å². The molecule has 0 atom stereocenters. The summed E-state index contributed by atoms with van der Waals surface area (Å²) in [6.45, 7) is 0. The van der Waals surface area contributed by atoms with Crippen molar-refractivity contribution in [1.29, 1.82) is 0 Å². The number of nitrogens with zero attached hydrogens (tertiary/aromatic N) is 2. The Labute approximate surface area is 86.3 Å². The maximum Gasteiger partial charge on any atom is 0.132 e. The predicted molar refractivity (Wildman–Crippen MR) is 53.6 cm³/mol. The normalized spacial score (nSPS) is 9.79. The van der Waals surface area contributed by atoms with E-state index in [-0.39, 0.29) is 0 Å². The van der Waals surface area contributed by atoms with Crippen LogP contribution in [0.2, 0.25) is 5.15 Å². The zero-order chi connectivity index (χ0) is 9.80. The van der Waals surface area contributed by atoms with Crippen LogP contribution in [0.3, 0.4) is 0 Å². The first kappa shape index (κ1) is 8.97. The van der Waals surface area contributed by atoms with Crippen molar-refractivity contribution in [3.8, 4) is 11.5 Å². The lowest BCUT2D eigenvalue weighted by molar-refractivity contribution is 0.481. The smallest absolute Gasteiger partial charge is 0.132 e. The van der Waals surface area contributed by atoms with Gasteiger partial charge in [-0.3, -0.25) is 4.98 Å². The van der Waals surface area contributed by atoms with Crippen LogP contribution in [0, 0.1) is 0 Å². The van der Waals surface area contributed by atoms with Crippen LogP contribution in [-0.2, 0) is 0 Å². The predicted octanol–water partition coefficient (Wildman–Crippen LogP) is 2.92. The van der Waals surface area contributed by atoms with Gasteiger partial charge in [-0.05, 0) is 18.2 Å². The van der Waals surface area contributed by atoms with Crippen LogP contribution in [0.25, 0.3) is 0 Å². The molecule has 2 rings (SSSR count). The molecule has 0 N–H and O–H groups in total. The second-order valence-electron chi connectivity index (χ2n) is 2.60. The maximum absolute atomic E-state index is 5.71. The van der Waals surface area contributed by atoms with E-state index in [4.69, 9.17) is 16.3 Å². The molecular weight excluding hydrogens is 200 g/mol. The Bertz CT molecular complexity index is 419. The molecule has 2 aromatic heterocycles. The number of aromatic nitrogens is 2. The van der Waals surface area contributed by atoms with Gasteiger partial charge in [0.1, 0.15) is 16.7 Å². The summed E-state index contributed by atoms with van der Waals surface area (Å²) in [5, 5.41) is 0.413. The number of hydrogen-bond acceptors (Lipinski definition) is 3. The Morgan fingerprint density at radius 2 is 1.71 bits per heavy atom. The van der Waals surface area contributed by atoms with Gasteiger partial charge in [0.2, 0.25) is 0 Å². The van der Waals surface area contributed by atoms with Crippen molar-refractivity contribution < 1.29 is 4.74 Å². The van der Waals surface area contributed by atoms with E-state index in [1.54, 1.807) is 42.9 Å². The van der Waals surface area contributed by atoms with E-state index in [2.05, 4.69) is 9.97 Å². The first-order valence-electron chi connectivity index (χ1n) is 4.04. The Morgan fingerprint density at radius 3 is 2.43 bits per heavy atom. The third-order valence-corrected chi connectivity index (χ3v) is 1.79. The second kappa shape index (κ2) is 4.07. The summed E-state index contributed by atoms with van der Waals surface area (Å²) in [5.41, 5.74) is 0. The fraction of sp³-hybridized carbons (Fsp3) is 0. The largest absolute Gasteiger partial charge is 0.457 e. The Hall–Kier alpha value is -1.61. The number of rotatable bonds is 2. The van der Waals surface area contributed by atoms with Gasteiger partial charge in [-0.15, -0.1) is 0 Å². The minimum absolute atomic E-state index is 0.413. The molecule has 0 radical (unpaired) electrons. The average molecular weight is 207 g/mol. The van der Waals surface area contributed by atoms with Crippen molar-refractivity contribution >= 4 is 11.6 Å². The fourth-order valence-electron chi connectivity index (χ4n) is 0.991. The van der Waals surface area contributed by atoms with Gasteiger partial charge in [0, 0.05) is 24.7 Å². The Balaban J connectivity index is 2.19. The Kier molecular flexibility index (Phi) is 2.60. The number of ether oxygens (including phenoxy) is 1.